The van der Waals surface area contributed by atoms with Gasteiger partial charge in [0, 0.05) is 31.3 Å². The number of nitrogens with zero attached hydrogens (tertiary/aromatic N) is 1. The SMILES string of the molecule is CCn1cc(NC(=O)CCCNC(C)C)ccc1=O. The van der Waals surface area contributed by atoms with Crippen molar-refractivity contribution in [1.29, 1.82) is 0 Å². The van der Waals surface area contributed by atoms with E-state index < -0.39 is 0 Å². The summed E-state index contributed by atoms with van der Waals surface area (Å²) in [6.45, 7) is 7.48. The van der Waals surface area contributed by atoms with Gasteiger partial charge in [-0.15, -0.1) is 0 Å². The first-order chi connectivity index (χ1) is 9.02. The molecule has 0 spiro atoms. The third-order valence-electron chi connectivity index (χ3n) is 2.74. The lowest BCUT2D eigenvalue weighted by Crippen LogP contribution is -2.25. The Morgan fingerprint density at radius 3 is 2.74 bits per heavy atom. The van der Waals surface area contributed by atoms with Crippen LogP contribution in [0.3, 0.4) is 0 Å². The first-order valence-corrected chi connectivity index (χ1v) is 6.76. The minimum atomic E-state index is -0.0540. The maximum atomic E-state index is 11.7. The van der Waals surface area contributed by atoms with E-state index in [9.17, 15) is 9.59 Å². The number of aromatic nitrogens is 1. The largest absolute Gasteiger partial charge is 0.325 e. The number of hydrogen-bond acceptors (Lipinski definition) is 3. The zero-order valence-electron chi connectivity index (χ0n) is 11.9. The Bertz CT molecular complexity index is 466. The van der Waals surface area contributed by atoms with E-state index in [2.05, 4.69) is 24.5 Å². The summed E-state index contributed by atoms with van der Waals surface area (Å²) < 4.78 is 1.57. The molecule has 0 aliphatic rings. The number of amides is 1. The lowest BCUT2D eigenvalue weighted by molar-refractivity contribution is -0.116. The van der Waals surface area contributed by atoms with E-state index in [-0.39, 0.29) is 11.5 Å². The Balaban J connectivity index is 2.42. The minimum Gasteiger partial charge on any atom is -0.325 e. The van der Waals surface area contributed by atoms with E-state index in [1.807, 2.05) is 6.92 Å². The predicted molar refractivity (Wildman–Crippen MR) is 77.4 cm³/mol. The maximum Gasteiger partial charge on any atom is 0.250 e. The average molecular weight is 265 g/mol. The highest BCUT2D eigenvalue weighted by Crippen LogP contribution is 2.04. The molecule has 19 heavy (non-hydrogen) atoms. The number of hydrogen-bond donors (Lipinski definition) is 2. The molecule has 0 atom stereocenters. The van der Waals surface area contributed by atoms with Crippen molar-refractivity contribution < 1.29 is 4.79 Å². The van der Waals surface area contributed by atoms with Gasteiger partial charge in [-0.2, -0.15) is 0 Å². The summed E-state index contributed by atoms with van der Waals surface area (Å²) in [5.41, 5.74) is 0.616. The fourth-order valence-electron chi connectivity index (χ4n) is 1.72. The second-order valence-electron chi connectivity index (χ2n) is 4.80. The van der Waals surface area contributed by atoms with Crippen molar-refractivity contribution in [2.24, 2.45) is 0 Å². The molecule has 0 unspecified atom stereocenters. The van der Waals surface area contributed by atoms with Crippen molar-refractivity contribution in [2.75, 3.05) is 11.9 Å². The van der Waals surface area contributed by atoms with E-state index in [1.54, 1.807) is 16.8 Å². The van der Waals surface area contributed by atoms with Gasteiger partial charge in [0.25, 0.3) is 5.56 Å². The van der Waals surface area contributed by atoms with Gasteiger partial charge < -0.3 is 15.2 Å². The molecule has 0 radical (unpaired) electrons. The highest BCUT2D eigenvalue weighted by Gasteiger charge is 2.03. The van der Waals surface area contributed by atoms with Crippen LogP contribution in [0.1, 0.15) is 33.6 Å². The summed E-state index contributed by atoms with van der Waals surface area (Å²) in [6, 6.07) is 3.55. The van der Waals surface area contributed by atoms with Gasteiger partial charge in [-0.3, -0.25) is 9.59 Å². The Morgan fingerprint density at radius 2 is 2.11 bits per heavy atom. The molecule has 0 bridgehead atoms. The van der Waals surface area contributed by atoms with Gasteiger partial charge in [-0.25, -0.2) is 0 Å². The Kier molecular flexibility index (Phi) is 6.29. The first kappa shape index (κ1) is 15.4. The molecule has 1 heterocycles. The predicted octanol–water partition coefficient (Wildman–Crippen LogP) is 1.58. The highest BCUT2D eigenvalue weighted by atomic mass is 16.1. The summed E-state index contributed by atoms with van der Waals surface area (Å²) in [5.74, 6) is -0.0214. The first-order valence-electron chi connectivity index (χ1n) is 6.76. The Hall–Kier alpha value is -1.62. The number of carbonyl (C=O) groups is 1. The van der Waals surface area contributed by atoms with Crippen LogP contribution in [0.4, 0.5) is 5.69 Å². The second kappa shape index (κ2) is 7.74. The summed E-state index contributed by atoms with van der Waals surface area (Å²) in [7, 11) is 0. The van der Waals surface area contributed by atoms with Gasteiger partial charge in [0.05, 0.1) is 5.69 Å². The van der Waals surface area contributed by atoms with Crippen molar-refractivity contribution in [3.63, 3.8) is 0 Å². The van der Waals surface area contributed by atoms with Crippen molar-refractivity contribution in [3.8, 4) is 0 Å². The van der Waals surface area contributed by atoms with E-state index in [4.69, 9.17) is 0 Å². The molecule has 0 aliphatic carbocycles. The summed E-state index contributed by atoms with van der Waals surface area (Å²) >= 11 is 0. The second-order valence-corrected chi connectivity index (χ2v) is 4.80. The third kappa shape index (κ3) is 5.70. The van der Waals surface area contributed by atoms with Gasteiger partial charge in [0.1, 0.15) is 0 Å². The highest BCUT2D eigenvalue weighted by molar-refractivity contribution is 5.90. The van der Waals surface area contributed by atoms with Crippen LogP contribution >= 0.6 is 0 Å². The average Bonchev–Trinajstić information content (AvgIpc) is 2.37. The number of aryl methyl sites for hydroxylation is 1. The van der Waals surface area contributed by atoms with Gasteiger partial charge >= 0.3 is 0 Å². The molecule has 1 aromatic rings. The van der Waals surface area contributed by atoms with E-state index in [1.165, 1.54) is 6.07 Å². The lowest BCUT2D eigenvalue weighted by atomic mass is 10.2. The molecular formula is C14H23N3O2. The molecular weight excluding hydrogens is 242 g/mol. The van der Waals surface area contributed by atoms with Crippen LogP contribution in [-0.4, -0.2) is 23.1 Å². The molecule has 0 saturated heterocycles. The van der Waals surface area contributed by atoms with Crippen molar-refractivity contribution >= 4 is 11.6 Å². The molecule has 0 aromatic carbocycles. The quantitative estimate of drug-likeness (QED) is 0.736. The van der Waals surface area contributed by atoms with E-state index in [0.717, 1.165) is 13.0 Å². The summed E-state index contributed by atoms with van der Waals surface area (Å²) in [4.78, 5) is 23.1. The van der Waals surface area contributed by atoms with Gasteiger partial charge in [0.2, 0.25) is 5.91 Å². The number of pyridine rings is 1. The molecule has 5 nitrogen and oxygen atoms in total. The van der Waals surface area contributed by atoms with Gasteiger partial charge in [0.15, 0.2) is 0 Å². The molecule has 0 fully saturated rings. The van der Waals surface area contributed by atoms with Crippen molar-refractivity contribution in [3.05, 3.63) is 28.7 Å². The Morgan fingerprint density at radius 1 is 1.37 bits per heavy atom. The lowest BCUT2D eigenvalue weighted by Gasteiger charge is -2.09. The molecule has 0 aliphatic heterocycles. The fourth-order valence-corrected chi connectivity index (χ4v) is 1.72. The number of nitrogens with one attached hydrogen (secondary N) is 2. The van der Waals surface area contributed by atoms with Crippen LogP contribution in [0.2, 0.25) is 0 Å². The molecule has 0 saturated carbocycles. The maximum absolute atomic E-state index is 11.7. The normalized spacial score (nSPS) is 10.7. The van der Waals surface area contributed by atoms with Crippen molar-refractivity contribution in [1.82, 2.24) is 9.88 Å². The van der Waals surface area contributed by atoms with Crippen molar-refractivity contribution in [2.45, 2.75) is 46.2 Å². The zero-order chi connectivity index (χ0) is 14.3. The van der Waals surface area contributed by atoms with Crippen LogP contribution in [0, 0.1) is 0 Å². The Labute approximate surface area is 114 Å². The van der Waals surface area contributed by atoms with Crippen LogP contribution < -0.4 is 16.2 Å². The van der Waals surface area contributed by atoms with Crippen LogP contribution in [0.15, 0.2) is 23.1 Å². The number of rotatable bonds is 7. The standard InChI is InChI=1S/C14H23N3O2/c1-4-17-10-12(7-8-14(17)19)16-13(18)6-5-9-15-11(2)3/h7-8,10-11,15H,4-6,9H2,1-3H3,(H,16,18). The molecule has 1 aromatic heterocycles. The molecule has 106 valence electrons. The third-order valence-corrected chi connectivity index (χ3v) is 2.74. The molecule has 1 rings (SSSR count). The van der Waals surface area contributed by atoms with Crippen LogP contribution in [-0.2, 0) is 11.3 Å². The zero-order valence-corrected chi connectivity index (χ0v) is 11.9. The monoisotopic (exact) mass is 265 g/mol. The van der Waals surface area contributed by atoms with Gasteiger partial charge in [-0.1, -0.05) is 13.8 Å². The van der Waals surface area contributed by atoms with E-state index in [0.29, 0.717) is 24.7 Å². The summed E-state index contributed by atoms with van der Waals surface area (Å²) in [5, 5.41) is 6.07. The topological polar surface area (TPSA) is 63.1 Å². The fraction of sp³-hybridized carbons (Fsp3) is 0.571. The molecule has 5 heteroatoms. The van der Waals surface area contributed by atoms with Crippen LogP contribution in [0.5, 0.6) is 0 Å². The van der Waals surface area contributed by atoms with E-state index >= 15 is 0 Å². The van der Waals surface area contributed by atoms with Gasteiger partial charge in [-0.05, 0) is 26.0 Å². The smallest absolute Gasteiger partial charge is 0.250 e. The number of anilines is 1. The summed E-state index contributed by atoms with van der Waals surface area (Å²) in [6.07, 6.45) is 2.95. The molecule has 2 N–H and O–H groups in total. The molecule has 1 amide bonds. The minimum absolute atomic E-state index is 0.0214. The van der Waals surface area contributed by atoms with Crippen LogP contribution in [0.25, 0.3) is 0 Å². The number of carbonyl (C=O) groups excluding carboxylic acids is 1.